The van der Waals surface area contributed by atoms with Gasteiger partial charge in [0.25, 0.3) is 0 Å². The fraction of sp³-hybridized carbons (Fsp3) is 0.318. The van der Waals surface area contributed by atoms with Crippen LogP contribution in [0.3, 0.4) is 0 Å². The van der Waals surface area contributed by atoms with Crippen molar-refractivity contribution in [1.82, 2.24) is 25.4 Å². The Balaban J connectivity index is 1.25. The Hall–Kier alpha value is -5.70. The number of likely N-dealkylation sites (tertiary alicyclic amines) is 1. The monoisotopic (exact) mass is 859 g/mol. The number of carbonyl (C=O) groups is 3. The number of anilines is 1. The highest BCUT2D eigenvalue weighted by atomic mass is 35.5. The fourth-order valence-corrected chi connectivity index (χ4v) is 7.95. The molecular weight excluding hydrogens is 811 g/mol. The minimum atomic E-state index is -1.31. The molecule has 1 saturated heterocycles. The lowest BCUT2D eigenvalue weighted by Gasteiger charge is -2.23. The van der Waals surface area contributed by atoms with Crippen LogP contribution < -0.4 is 32.7 Å². The van der Waals surface area contributed by atoms with Crippen LogP contribution in [0.4, 0.5) is 19.3 Å². The van der Waals surface area contributed by atoms with Gasteiger partial charge in [-0.3, -0.25) is 19.5 Å². The number of halogens is 4. The van der Waals surface area contributed by atoms with Crippen molar-refractivity contribution in [3.63, 3.8) is 0 Å². The first-order valence-corrected chi connectivity index (χ1v) is 20.6. The van der Waals surface area contributed by atoms with E-state index in [1.54, 1.807) is 6.07 Å². The number of fused-ring (bicyclic) bond motifs is 1. The summed E-state index contributed by atoms with van der Waals surface area (Å²) in [4.78, 5) is 47.7. The van der Waals surface area contributed by atoms with E-state index in [2.05, 4.69) is 42.7 Å². The van der Waals surface area contributed by atoms with Crippen LogP contribution in [0.5, 0.6) is 0 Å². The standard InChI is InChI=1S/C44H49Cl2F2N9O3/c1-27-32(25-56-19-5-6-20-56)31-23-30(15-17-40(31)57(27)26-33-34(45)11-7-12-35(33)46)53-44(60)55-39(22-29-14-16-36(47)37(48)21-29)42(59)54-38(13-8-18-51-43(49)50)41(58)52-24-28-9-3-2-4-10-28/h2-4,7,9-12,14-17,21,23,38-39H,5-6,8,13,18-20,22,24-26H2,1H3,(H,52,58)(H,54,59)(H4,49,50,51)(H2,53,55,60)/t38-,39-/m0/s1. The molecule has 1 aliphatic rings. The SMILES string of the molecule is Cc1c(CN2CCCC2)c2cc(NC(=O)N[C@@H](Cc3ccc(F)c(F)c3)C(=O)N[C@@H](CCCN=C(N)N)C(=O)NCc3ccccc3)ccc2n1Cc1c(Cl)cccc1Cl. The third-order valence-corrected chi connectivity index (χ3v) is 11.3. The van der Waals surface area contributed by atoms with E-state index in [-0.39, 0.29) is 37.5 Å². The smallest absolute Gasteiger partial charge is 0.319 e. The fourth-order valence-electron chi connectivity index (χ4n) is 7.43. The molecule has 1 aliphatic heterocycles. The molecule has 8 N–H and O–H groups in total. The van der Waals surface area contributed by atoms with Gasteiger partial charge < -0.3 is 37.3 Å². The van der Waals surface area contributed by atoms with Gasteiger partial charge in [0.2, 0.25) is 11.8 Å². The van der Waals surface area contributed by atoms with E-state index >= 15 is 0 Å². The third-order valence-electron chi connectivity index (χ3n) is 10.6. The lowest BCUT2D eigenvalue weighted by atomic mass is 10.0. The summed E-state index contributed by atoms with van der Waals surface area (Å²) < 4.78 is 30.4. The van der Waals surface area contributed by atoms with Crippen molar-refractivity contribution >= 4 is 63.6 Å². The van der Waals surface area contributed by atoms with Crippen molar-refractivity contribution in [3.05, 3.63) is 135 Å². The number of benzene rings is 4. The Morgan fingerprint density at radius 2 is 1.53 bits per heavy atom. The summed E-state index contributed by atoms with van der Waals surface area (Å²) in [6.45, 7) is 5.60. The largest absolute Gasteiger partial charge is 0.370 e. The van der Waals surface area contributed by atoms with Crippen LogP contribution >= 0.6 is 23.2 Å². The van der Waals surface area contributed by atoms with Gasteiger partial charge in [0.15, 0.2) is 17.6 Å². The van der Waals surface area contributed by atoms with Crippen LogP contribution in [0, 0.1) is 18.6 Å². The van der Waals surface area contributed by atoms with Crippen molar-refractivity contribution in [2.45, 2.75) is 70.7 Å². The third kappa shape index (κ3) is 11.5. The molecule has 6 rings (SSSR count). The summed E-state index contributed by atoms with van der Waals surface area (Å²) in [6, 6.07) is 20.4. The highest BCUT2D eigenvalue weighted by molar-refractivity contribution is 6.36. The maximum atomic E-state index is 14.4. The average Bonchev–Trinajstić information content (AvgIpc) is 3.83. The first-order chi connectivity index (χ1) is 28.9. The number of amides is 4. The van der Waals surface area contributed by atoms with Crippen molar-refractivity contribution < 1.29 is 23.2 Å². The van der Waals surface area contributed by atoms with Gasteiger partial charge in [-0.15, -0.1) is 0 Å². The zero-order valence-corrected chi connectivity index (χ0v) is 34.8. The van der Waals surface area contributed by atoms with Crippen LogP contribution in [0.1, 0.15) is 53.6 Å². The van der Waals surface area contributed by atoms with E-state index in [4.69, 9.17) is 34.7 Å². The number of hydrogen-bond donors (Lipinski definition) is 6. The molecule has 0 bridgehead atoms. The molecule has 2 heterocycles. The van der Waals surface area contributed by atoms with E-state index in [0.717, 1.165) is 71.4 Å². The number of nitrogens with two attached hydrogens (primary N) is 2. The molecule has 0 spiro atoms. The molecule has 1 aromatic heterocycles. The number of aliphatic imine (C=N–C) groups is 1. The number of nitrogens with zero attached hydrogens (tertiary/aromatic N) is 3. The maximum Gasteiger partial charge on any atom is 0.319 e. The number of nitrogens with one attached hydrogen (secondary N) is 4. The van der Waals surface area contributed by atoms with Gasteiger partial charge in [-0.1, -0.05) is 65.7 Å². The summed E-state index contributed by atoms with van der Waals surface area (Å²) in [5.74, 6) is -3.45. The van der Waals surface area contributed by atoms with E-state index in [9.17, 15) is 23.2 Å². The Labute approximate surface area is 357 Å². The Morgan fingerprint density at radius 1 is 0.800 bits per heavy atom. The molecule has 4 aromatic carbocycles. The summed E-state index contributed by atoms with van der Waals surface area (Å²) in [5.41, 5.74) is 16.4. The highest BCUT2D eigenvalue weighted by Gasteiger charge is 2.28. The molecule has 0 unspecified atom stereocenters. The van der Waals surface area contributed by atoms with Gasteiger partial charge in [-0.05, 0) is 105 Å². The van der Waals surface area contributed by atoms with Crippen LogP contribution in [-0.2, 0) is 35.6 Å². The summed E-state index contributed by atoms with van der Waals surface area (Å²) in [7, 11) is 0. The molecule has 0 aliphatic carbocycles. The highest BCUT2D eigenvalue weighted by Crippen LogP contribution is 2.33. The summed E-state index contributed by atoms with van der Waals surface area (Å²) in [6.07, 6.45) is 2.54. The zero-order chi connectivity index (χ0) is 42.8. The molecule has 16 heteroatoms. The first kappa shape index (κ1) is 43.9. The molecule has 1 fully saturated rings. The molecule has 0 radical (unpaired) electrons. The number of hydrogen-bond acceptors (Lipinski definition) is 5. The molecule has 60 heavy (non-hydrogen) atoms. The molecule has 12 nitrogen and oxygen atoms in total. The van der Waals surface area contributed by atoms with Crippen molar-refractivity contribution in [1.29, 1.82) is 0 Å². The van der Waals surface area contributed by atoms with E-state index in [1.165, 1.54) is 6.07 Å². The number of urea groups is 1. The Bertz CT molecular complexity index is 2330. The number of guanidine groups is 1. The van der Waals surface area contributed by atoms with Crippen LogP contribution in [0.2, 0.25) is 10.0 Å². The number of aromatic nitrogens is 1. The van der Waals surface area contributed by atoms with Gasteiger partial charge in [0, 0.05) is 63.9 Å². The lowest BCUT2D eigenvalue weighted by Crippen LogP contribution is -2.55. The predicted molar refractivity (Wildman–Crippen MR) is 233 cm³/mol. The molecule has 5 aromatic rings. The molecular formula is C44H49Cl2F2N9O3. The summed E-state index contributed by atoms with van der Waals surface area (Å²) >= 11 is 13.2. The van der Waals surface area contributed by atoms with Gasteiger partial charge >= 0.3 is 6.03 Å². The molecule has 316 valence electrons. The average molecular weight is 861 g/mol. The van der Waals surface area contributed by atoms with Gasteiger partial charge in [-0.2, -0.15) is 0 Å². The normalized spacial score (nSPS) is 13.8. The van der Waals surface area contributed by atoms with Crippen molar-refractivity contribution in [3.8, 4) is 0 Å². The van der Waals surface area contributed by atoms with Gasteiger partial charge in [-0.25, -0.2) is 13.6 Å². The lowest BCUT2D eigenvalue weighted by molar-refractivity contribution is -0.130. The predicted octanol–water partition coefficient (Wildman–Crippen LogP) is 6.77. The number of carbonyl (C=O) groups excluding carboxylic acids is 3. The van der Waals surface area contributed by atoms with Gasteiger partial charge in [0.1, 0.15) is 12.1 Å². The minimum Gasteiger partial charge on any atom is -0.370 e. The zero-order valence-electron chi connectivity index (χ0n) is 33.2. The quantitative estimate of drug-likeness (QED) is 0.0343. The van der Waals surface area contributed by atoms with Crippen LogP contribution in [0.15, 0.2) is 89.9 Å². The second kappa shape index (κ2) is 20.5. The molecule has 0 saturated carbocycles. The van der Waals surface area contributed by atoms with E-state index < -0.39 is 41.6 Å². The van der Waals surface area contributed by atoms with Crippen LogP contribution in [0.25, 0.3) is 10.9 Å². The molecule has 4 amide bonds. The van der Waals surface area contributed by atoms with E-state index in [1.807, 2.05) is 60.7 Å². The second-order valence-electron chi connectivity index (χ2n) is 14.9. The first-order valence-electron chi connectivity index (χ1n) is 19.8. The molecule has 2 atom stereocenters. The summed E-state index contributed by atoms with van der Waals surface area (Å²) in [5, 5.41) is 13.2. The number of rotatable bonds is 17. The minimum absolute atomic E-state index is 0.109. The Kier molecular flexibility index (Phi) is 15.0. The second-order valence-corrected chi connectivity index (χ2v) is 15.7. The van der Waals surface area contributed by atoms with Crippen molar-refractivity contribution in [2.24, 2.45) is 16.5 Å². The maximum absolute atomic E-state index is 14.4. The van der Waals surface area contributed by atoms with Crippen LogP contribution in [-0.4, -0.2) is 65.0 Å². The Morgan fingerprint density at radius 3 is 2.23 bits per heavy atom. The van der Waals surface area contributed by atoms with Gasteiger partial charge in [0.05, 0.1) is 6.54 Å². The van der Waals surface area contributed by atoms with E-state index in [0.29, 0.717) is 35.2 Å². The topological polar surface area (TPSA) is 172 Å². The van der Waals surface area contributed by atoms with Crippen molar-refractivity contribution in [2.75, 3.05) is 25.0 Å².